The highest BCUT2D eigenvalue weighted by atomic mass is 16.1. The number of hydrogen-bond acceptors (Lipinski definition) is 2. The lowest BCUT2D eigenvalue weighted by molar-refractivity contribution is -0.115. The fourth-order valence-corrected chi connectivity index (χ4v) is 2.76. The largest absolute Gasteiger partial charge is 0.346 e. The van der Waals surface area contributed by atoms with Crippen LogP contribution in [-0.4, -0.2) is 12.5 Å². The fraction of sp³-hybridized carbons (Fsp3) is 0.500. The molecule has 2 rings (SSSR count). The van der Waals surface area contributed by atoms with E-state index in [4.69, 9.17) is 0 Å². The third-order valence-electron chi connectivity index (χ3n) is 3.84. The topological polar surface area (TPSA) is 32.3 Å². The van der Waals surface area contributed by atoms with E-state index in [9.17, 15) is 4.79 Å². The first kappa shape index (κ1) is 15.6. The molecule has 1 aliphatic rings. The van der Waals surface area contributed by atoms with Crippen molar-refractivity contribution in [3.8, 4) is 0 Å². The van der Waals surface area contributed by atoms with Gasteiger partial charge < -0.3 is 10.2 Å². The lowest BCUT2D eigenvalue weighted by Gasteiger charge is -2.24. The molecule has 1 aromatic carbocycles. The summed E-state index contributed by atoms with van der Waals surface area (Å²) in [5.74, 6) is 0.0754. The standard InChI is InChI=1S/C18H26N2O/c1-4-6-9-15-12-14(3)13-16(19-17(21)5-2)18(15)20-10-7-8-11-20/h7,10,12-13H,4-6,8-9,11H2,1-3H3,(H,19,21). The van der Waals surface area contributed by atoms with Crippen molar-refractivity contribution in [2.75, 3.05) is 16.8 Å². The molecular weight excluding hydrogens is 260 g/mol. The average molecular weight is 286 g/mol. The van der Waals surface area contributed by atoms with E-state index in [1.165, 1.54) is 29.7 Å². The van der Waals surface area contributed by atoms with E-state index in [1.807, 2.05) is 6.92 Å². The highest BCUT2D eigenvalue weighted by Gasteiger charge is 2.18. The zero-order valence-electron chi connectivity index (χ0n) is 13.4. The molecule has 0 saturated carbocycles. The van der Waals surface area contributed by atoms with Crippen LogP contribution in [0.4, 0.5) is 11.4 Å². The number of rotatable bonds is 6. The maximum Gasteiger partial charge on any atom is 0.224 e. The van der Waals surface area contributed by atoms with E-state index in [-0.39, 0.29) is 5.91 Å². The third kappa shape index (κ3) is 3.87. The summed E-state index contributed by atoms with van der Waals surface area (Å²) in [6.45, 7) is 7.20. The van der Waals surface area contributed by atoms with Gasteiger partial charge in [0.15, 0.2) is 0 Å². The minimum atomic E-state index is 0.0754. The van der Waals surface area contributed by atoms with Gasteiger partial charge in [0.25, 0.3) is 0 Å². The number of anilines is 2. The van der Waals surface area contributed by atoms with Crippen LogP contribution in [-0.2, 0) is 11.2 Å². The van der Waals surface area contributed by atoms with Crippen LogP contribution < -0.4 is 10.2 Å². The first-order valence-corrected chi connectivity index (χ1v) is 8.02. The molecule has 0 radical (unpaired) electrons. The average Bonchev–Trinajstić information content (AvgIpc) is 2.98. The smallest absolute Gasteiger partial charge is 0.224 e. The molecule has 3 heteroatoms. The summed E-state index contributed by atoms with van der Waals surface area (Å²) in [7, 11) is 0. The Kier molecular flexibility index (Phi) is 5.43. The maximum atomic E-state index is 11.8. The van der Waals surface area contributed by atoms with E-state index >= 15 is 0 Å². The highest BCUT2D eigenvalue weighted by Crippen LogP contribution is 2.35. The predicted octanol–water partition coefficient (Wildman–Crippen LogP) is 4.41. The Bertz CT molecular complexity index is 534. The SMILES string of the molecule is CCCCc1cc(C)cc(NC(=O)CC)c1N1C=CCC1. The van der Waals surface area contributed by atoms with Crippen molar-refractivity contribution < 1.29 is 4.79 Å². The zero-order valence-corrected chi connectivity index (χ0v) is 13.4. The minimum absolute atomic E-state index is 0.0754. The summed E-state index contributed by atoms with van der Waals surface area (Å²) >= 11 is 0. The summed E-state index contributed by atoms with van der Waals surface area (Å²) in [5, 5.41) is 3.08. The summed E-state index contributed by atoms with van der Waals surface area (Å²) in [4.78, 5) is 14.1. The Morgan fingerprint density at radius 3 is 2.76 bits per heavy atom. The molecule has 1 aromatic rings. The summed E-state index contributed by atoms with van der Waals surface area (Å²) in [6, 6.07) is 4.35. The summed E-state index contributed by atoms with van der Waals surface area (Å²) in [6.07, 6.45) is 9.33. The number of nitrogens with zero attached hydrogens (tertiary/aromatic N) is 1. The molecule has 21 heavy (non-hydrogen) atoms. The number of carbonyl (C=O) groups is 1. The number of nitrogens with one attached hydrogen (secondary N) is 1. The lowest BCUT2D eigenvalue weighted by Crippen LogP contribution is -2.19. The molecule has 0 unspecified atom stereocenters. The van der Waals surface area contributed by atoms with Gasteiger partial charge in [0.1, 0.15) is 0 Å². The number of carbonyl (C=O) groups excluding carboxylic acids is 1. The van der Waals surface area contributed by atoms with Gasteiger partial charge in [-0.25, -0.2) is 0 Å². The molecule has 0 atom stereocenters. The number of benzene rings is 1. The molecule has 1 heterocycles. The molecule has 0 fully saturated rings. The van der Waals surface area contributed by atoms with Crippen LogP contribution in [0, 0.1) is 6.92 Å². The second kappa shape index (κ2) is 7.30. The molecule has 3 nitrogen and oxygen atoms in total. The van der Waals surface area contributed by atoms with Crippen molar-refractivity contribution in [2.45, 2.75) is 52.9 Å². The number of unbranched alkanes of at least 4 members (excludes halogenated alkanes) is 1. The number of amides is 1. The zero-order chi connectivity index (χ0) is 15.2. The van der Waals surface area contributed by atoms with Crippen LogP contribution in [0.5, 0.6) is 0 Å². The van der Waals surface area contributed by atoms with Gasteiger partial charge in [-0.2, -0.15) is 0 Å². The van der Waals surface area contributed by atoms with E-state index in [0.717, 1.165) is 25.1 Å². The normalized spacial score (nSPS) is 13.8. The van der Waals surface area contributed by atoms with Crippen molar-refractivity contribution in [1.29, 1.82) is 0 Å². The Hall–Kier alpha value is -1.77. The molecule has 0 spiro atoms. The summed E-state index contributed by atoms with van der Waals surface area (Å²) < 4.78 is 0. The molecule has 0 saturated heterocycles. The molecule has 1 aliphatic heterocycles. The van der Waals surface area contributed by atoms with E-state index in [0.29, 0.717) is 6.42 Å². The van der Waals surface area contributed by atoms with Crippen LogP contribution in [0.1, 0.15) is 50.7 Å². The van der Waals surface area contributed by atoms with E-state index in [2.05, 4.69) is 48.5 Å². The van der Waals surface area contributed by atoms with Gasteiger partial charge in [0.2, 0.25) is 5.91 Å². The van der Waals surface area contributed by atoms with Crippen LogP contribution in [0.2, 0.25) is 0 Å². The van der Waals surface area contributed by atoms with E-state index < -0.39 is 0 Å². The molecule has 1 amide bonds. The predicted molar refractivity (Wildman–Crippen MR) is 89.8 cm³/mol. The van der Waals surface area contributed by atoms with Crippen LogP contribution >= 0.6 is 0 Å². The monoisotopic (exact) mass is 286 g/mol. The number of aryl methyl sites for hydroxylation is 2. The highest BCUT2D eigenvalue weighted by molar-refractivity contribution is 5.95. The second-order valence-electron chi connectivity index (χ2n) is 5.69. The van der Waals surface area contributed by atoms with Crippen LogP contribution in [0.3, 0.4) is 0 Å². The van der Waals surface area contributed by atoms with Crippen molar-refractivity contribution in [3.05, 3.63) is 35.5 Å². The van der Waals surface area contributed by atoms with Gasteiger partial charge in [0.05, 0.1) is 11.4 Å². The van der Waals surface area contributed by atoms with Gasteiger partial charge in [-0.1, -0.05) is 32.4 Å². The molecule has 114 valence electrons. The Labute approximate surface area is 128 Å². The van der Waals surface area contributed by atoms with Gasteiger partial charge >= 0.3 is 0 Å². The Balaban J connectivity index is 2.42. The molecule has 0 aliphatic carbocycles. The quantitative estimate of drug-likeness (QED) is 0.840. The van der Waals surface area contributed by atoms with Crippen LogP contribution in [0.25, 0.3) is 0 Å². The Morgan fingerprint density at radius 2 is 2.14 bits per heavy atom. The van der Waals surface area contributed by atoms with Gasteiger partial charge in [0, 0.05) is 19.2 Å². The van der Waals surface area contributed by atoms with Crippen molar-refractivity contribution in [2.24, 2.45) is 0 Å². The summed E-state index contributed by atoms with van der Waals surface area (Å²) in [5.41, 5.74) is 4.69. The van der Waals surface area contributed by atoms with Gasteiger partial charge in [-0.3, -0.25) is 4.79 Å². The van der Waals surface area contributed by atoms with E-state index in [1.54, 1.807) is 0 Å². The van der Waals surface area contributed by atoms with Crippen LogP contribution in [0.15, 0.2) is 24.4 Å². The first-order valence-electron chi connectivity index (χ1n) is 8.02. The fourth-order valence-electron chi connectivity index (χ4n) is 2.76. The first-order chi connectivity index (χ1) is 10.2. The Morgan fingerprint density at radius 1 is 1.33 bits per heavy atom. The maximum absolute atomic E-state index is 11.8. The van der Waals surface area contributed by atoms with Crippen molar-refractivity contribution in [1.82, 2.24) is 0 Å². The second-order valence-corrected chi connectivity index (χ2v) is 5.69. The number of hydrogen-bond donors (Lipinski definition) is 1. The van der Waals surface area contributed by atoms with Crippen molar-refractivity contribution in [3.63, 3.8) is 0 Å². The molecular formula is C18H26N2O. The lowest BCUT2D eigenvalue weighted by atomic mass is 10.0. The van der Waals surface area contributed by atoms with Gasteiger partial charge in [-0.05, 0) is 43.4 Å². The minimum Gasteiger partial charge on any atom is -0.346 e. The third-order valence-corrected chi connectivity index (χ3v) is 3.84. The molecule has 1 N–H and O–H groups in total. The van der Waals surface area contributed by atoms with Crippen molar-refractivity contribution >= 4 is 17.3 Å². The van der Waals surface area contributed by atoms with Gasteiger partial charge in [-0.15, -0.1) is 0 Å². The molecule has 0 bridgehead atoms. The molecule has 0 aromatic heterocycles.